The van der Waals surface area contributed by atoms with Crippen molar-refractivity contribution >= 4 is 17.8 Å². The van der Waals surface area contributed by atoms with Crippen LogP contribution in [0.5, 0.6) is 17.2 Å². The fourth-order valence-corrected chi connectivity index (χ4v) is 5.20. The van der Waals surface area contributed by atoms with Crippen LogP contribution in [-0.2, 0) is 9.53 Å². The fourth-order valence-electron chi connectivity index (χ4n) is 5.20. The number of hydrogen-bond donors (Lipinski definition) is 2. The van der Waals surface area contributed by atoms with Crippen LogP contribution in [0.25, 0.3) is 0 Å². The van der Waals surface area contributed by atoms with Gasteiger partial charge in [-0.05, 0) is 69.5 Å². The van der Waals surface area contributed by atoms with Crippen LogP contribution >= 0.6 is 0 Å². The summed E-state index contributed by atoms with van der Waals surface area (Å²) >= 11 is 0. The molecule has 10 heteroatoms. The molecule has 0 aliphatic carbocycles. The minimum Gasteiger partial charge on any atom is -0.508 e. The second kappa shape index (κ2) is 19.7. The van der Waals surface area contributed by atoms with Gasteiger partial charge in [0, 0.05) is 30.4 Å². The second-order valence-electron chi connectivity index (χ2n) is 12.4. The van der Waals surface area contributed by atoms with E-state index in [0.29, 0.717) is 29.5 Å². The topological polar surface area (TPSA) is 80.3 Å². The lowest BCUT2D eigenvalue weighted by Gasteiger charge is -2.39. The van der Waals surface area contributed by atoms with Gasteiger partial charge in [0.05, 0.1) is 30.6 Å². The Morgan fingerprint density at radius 2 is 1.57 bits per heavy atom. The van der Waals surface area contributed by atoms with Crippen LogP contribution in [0, 0.1) is 11.6 Å². The molecule has 0 saturated carbocycles. The normalized spacial score (nSPS) is 14.0. The summed E-state index contributed by atoms with van der Waals surface area (Å²) in [6.07, 6.45) is 9.62. The third-order valence-corrected chi connectivity index (χ3v) is 7.48. The maximum absolute atomic E-state index is 14.6. The Bertz CT molecular complexity index is 1350. The molecule has 3 aromatic carbocycles. The maximum atomic E-state index is 14.6. The molecular weight excluding hydrogens is 609 g/mol. The van der Waals surface area contributed by atoms with Gasteiger partial charge in [0.1, 0.15) is 42.1 Å². The number of benzene rings is 3. The van der Waals surface area contributed by atoms with Crippen molar-refractivity contribution < 1.29 is 37.3 Å². The Hall–Kier alpha value is -3.92. The van der Waals surface area contributed by atoms with Gasteiger partial charge < -0.3 is 29.5 Å². The van der Waals surface area contributed by atoms with E-state index >= 15 is 0 Å². The average molecular weight is 659 g/mol. The standard InChI is InChI=1S/C26H27F2NO4.C11H22FNO/c1-26(2,3)33-11-10-31-22-13-19(28)12-20(14-22)29-23-9-8-21(30)15-25(23)32-16-24(29)17-4-6-18(27)7-5-17;12-9-7-5-3-1-2-4-6-8-10-13-11-14/h4-9,12-15,24,30H,10-11,16H2,1-3H3;11H,1-10H2,(H,13,14). The van der Waals surface area contributed by atoms with Crippen molar-refractivity contribution in [3.8, 4) is 17.2 Å². The molecule has 1 atom stereocenters. The average Bonchev–Trinajstić information content (AvgIpc) is 3.03. The molecule has 0 bridgehead atoms. The zero-order valence-electron chi connectivity index (χ0n) is 27.8. The third kappa shape index (κ3) is 13.4. The first-order chi connectivity index (χ1) is 22.6. The Balaban J connectivity index is 0.000000363. The monoisotopic (exact) mass is 658 g/mol. The molecule has 1 heterocycles. The number of phenolic OH excluding ortho intramolecular Hbond substituents is 1. The maximum Gasteiger partial charge on any atom is 0.207 e. The van der Waals surface area contributed by atoms with E-state index in [9.17, 15) is 23.1 Å². The summed E-state index contributed by atoms with van der Waals surface area (Å²) in [6.45, 7) is 7.36. The highest BCUT2D eigenvalue weighted by Gasteiger charge is 2.31. The van der Waals surface area contributed by atoms with Crippen molar-refractivity contribution in [1.29, 1.82) is 0 Å². The number of nitrogens with zero attached hydrogens (tertiary/aromatic N) is 1. The smallest absolute Gasteiger partial charge is 0.207 e. The van der Waals surface area contributed by atoms with E-state index in [4.69, 9.17) is 14.2 Å². The van der Waals surface area contributed by atoms with Crippen molar-refractivity contribution in [3.63, 3.8) is 0 Å². The molecule has 4 rings (SSSR count). The van der Waals surface area contributed by atoms with E-state index < -0.39 is 5.82 Å². The van der Waals surface area contributed by atoms with Crippen LogP contribution in [-0.4, -0.2) is 50.2 Å². The van der Waals surface area contributed by atoms with Crippen molar-refractivity contribution in [3.05, 3.63) is 77.9 Å². The van der Waals surface area contributed by atoms with Gasteiger partial charge in [-0.15, -0.1) is 0 Å². The summed E-state index contributed by atoms with van der Waals surface area (Å²) in [7, 11) is 0. The summed E-state index contributed by atoms with van der Waals surface area (Å²) < 4.78 is 57.2. The predicted octanol–water partition coefficient (Wildman–Crippen LogP) is 8.96. The van der Waals surface area contributed by atoms with Gasteiger partial charge >= 0.3 is 0 Å². The molecule has 258 valence electrons. The quantitative estimate of drug-likeness (QED) is 0.111. The molecule has 0 radical (unpaired) electrons. The molecule has 1 aliphatic rings. The number of nitrogens with one attached hydrogen (secondary N) is 1. The molecule has 1 amide bonds. The zero-order valence-corrected chi connectivity index (χ0v) is 27.8. The lowest BCUT2D eigenvalue weighted by molar-refractivity contribution is -0.109. The molecular formula is C37H49F3N2O5. The molecule has 1 aliphatic heterocycles. The van der Waals surface area contributed by atoms with E-state index in [2.05, 4.69) is 5.32 Å². The van der Waals surface area contributed by atoms with Gasteiger partial charge in [-0.25, -0.2) is 8.78 Å². The summed E-state index contributed by atoms with van der Waals surface area (Å²) in [6, 6.07) is 15.0. The molecule has 0 spiro atoms. The molecule has 7 nitrogen and oxygen atoms in total. The molecule has 47 heavy (non-hydrogen) atoms. The Morgan fingerprint density at radius 3 is 2.23 bits per heavy atom. The van der Waals surface area contributed by atoms with Crippen molar-refractivity contribution in [2.45, 2.75) is 83.8 Å². The number of unbranched alkanes of at least 4 members (excludes halogenated alkanes) is 7. The van der Waals surface area contributed by atoms with E-state index in [1.54, 1.807) is 30.3 Å². The molecule has 3 aromatic rings. The first-order valence-electron chi connectivity index (χ1n) is 16.4. The number of rotatable bonds is 17. The van der Waals surface area contributed by atoms with E-state index in [0.717, 1.165) is 44.2 Å². The van der Waals surface area contributed by atoms with Gasteiger partial charge in [0.15, 0.2) is 0 Å². The van der Waals surface area contributed by atoms with Gasteiger partial charge in [-0.3, -0.25) is 9.18 Å². The lowest BCUT2D eigenvalue weighted by atomic mass is 10.0. The van der Waals surface area contributed by atoms with Crippen LogP contribution in [0.3, 0.4) is 0 Å². The SMILES string of the molecule is CC(C)(C)OCCOc1cc(F)cc(N2c3ccc(O)cc3OCC2c2ccc(F)cc2)c1.O=CNCCCCCCCCCCF. The van der Waals surface area contributed by atoms with E-state index in [1.807, 2.05) is 25.7 Å². The van der Waals surface area contributed by atoms with Gasteiger partial charge in [-0.1, -0.05) is 50.7 Å². The number of amides is 1. The first kappa shape index (κ1) is 37.5. The summed E-state index contributed by atoms with van der Waals surface area (Å²) in [4.78, 5) is 11.8. The molecule has 0 saturated heterocycles. The van der Waals surface area contributed by atoms with E-state index in [-0.39, 0.29) is 43.1 Å². The summed E-state index contributed by atoms with van der Waals surface area (Å²) in [5, 5.41) is 12.5. The van der Waals surface area contributed by atoms with E-state index in [1.165, 1.54) is 56.0 Å². The summed E-state index contributed by atoms with van der Waals surface area (Å²) in [5.74, 6) is 0.108. The zero-order chi connectivity index (χ0) is 34.1. The number of hydrogen-bond acceptors (Lipinski definition) is 6. The van der Waals surface area contributed by atoms with Gasteiger partial charge in [0.25, 0.3) is 0 Å². The Labute approximate surface area is 277 Å². The number of alkyl halides is 1. The van der Waals surface area contributed by atoms with Crippen molar-refractivity contribution in [2.75, 3.05) is 37.9 Å². The van der Waals surface area contributed by atoms with Crippen molar-refractivity contribution in [1.82, 2.24) is 5.32 Å². The van der Waals surface area contributed by atoms with Crippen LogP contribution in [0.4, 0.5) is 24.5 Å². The molecule has 0 aromatic heterocycles. The minimum absolute atomic E-state index is 0.0658. The van der Waals surface area contributed by atoms with Crippen molar-refractivity contribution in [2.24, 2.45) is 0 Å². The van der Waals surface area contributed by atoms with Crippen LogP contribution < -0.4 is 19.7 Å². The van der Waals surface area contributed by atoms with Crippen LogP contribution in [0.1, 0.15) is 83.7 Å². The molecule has 0 fully saturated rings. The Kier molecular flexibility index (Phi) is 15.7. The number of ether oxygens (including phenoxy) is 3. The highest BCUT2D eigenvalue weighted by Crippen LogP contribution is 2.46. The fraction of sp³-hybridized carbons (Fsp3) is 0.486. The number of halogens is 3. The number of carbonyl (C=O) groups excluding carboxylic acids is 1. The minimum atomic E-state index is -0.455. The number of anilines is 2. The number of phenols is 1. The number of aromatic hydroxyl groups is 1. The second-order valence-corrected chi connectivity index (χ2v) is 12.4. The predicted molar refractivity (Wildman–Crippen MR) is 179 cm³/mol. The largest absolute Gasteiger partial charge is 0.508 e. The Morgan fingerprint density at radius 1 is 0.894 bits per heavy atom. The van der Waals surface area contributed by atoms with Crippen LogP contribution in [0.2, 0.25) is 0 Å². The number of carbonyl (C=O) groups is 1. The van der Waals surface area contributed by atoms with Crippen LogP contribution in [0.15, 0.2) is 60.7 Å². The molecule has 2 N–H and O–H groups in total. The highest BCUT2D eigenvalue weighted by atomic mass is 19.1. The highest BCUT2D eigenvalue weighted by molar-refractivity contribution is 5.73. The number of fused-ring (bicyclic) bond motifs is 1. The van der Waals surface area contributed by atoms with Gasteiger partial charge in [0.2, 0.25) is 6.41 Å². The summed E-state index contributed by atoms with van der Waals surface area (Å²) in [5.41, 5.74) is 1.72. The lowest BCUT2D eigenvalue weighted by Crippen LogP contribution is -2.33. The first-order valence-corrected chi connectivity index (χ1v) is 16.4. The van der Waals surface area contributed by atoms with Gasteiger partial charge in [-0.2, -0.15) is 0 Å². The molecule has 1 unspecified atom stereocenters. The third-order valence-electron chi connectivity index (χ3n) is 7.48.